The van der Waals surface area contributed by atoms with Crippen LogP contribution in [0.5, 0.6) is 0 Å². The predicted molar refractivity (Wildman–Crippen MR) is 71.7 cm³/mol. The Morgan fingerprint density at radius 2 is 2.22 bits per heavy atom. The zero-order valence-corrected chi connectivity index (χ0v) is 11.2. The Hall–Kier alpha value is -1.66. The maximum Gasteiger partial charge on any atom is 0.236 e. The molecule has 100 valence electrons. The molecule has 0 spiro atoms. The summed E-state index contributed by atoms with van der Waals surface area (Å²) in [5.74, 6) is 5.44. The Labute approximate surface area is 108 Å². The fraction of sp³-hybridized carbons (Fsp3) is 0.500. The second kappa shape index (κ2) is 6.93. The SMILES string of the molecule is CCN(CC(=O)N(C)C)Cc1cc(NN)ccn1. The number of nitrogens with one attached hydrogen (secondary N) is 1. The van der Waals surface area contributed by atoms with E-state index in [1.54, 1.807) is 31.3 Å². The quantitative estimate of drug-likeness (QED) is 0.561. The first kappa shape index (κ1) is 14.4. The highest BCUT2D eigenvalue weighted by molar-refractivity contribution is 5.77. The topological polar surface area (TPSA) is 74.5 Å². The predicted octanol–water partition coefficient (Wildman–Crippen LogP) is 0.277. The molecule has 3 N–H and O–H groups in total. The van der Waals surface area contributed by atoms with E-state index in [9.17, 15) is 4.79 Å². The van der Waals surface area contributed by atoms with E-state index in [0.29, 0.717) is 13.1 Å². The Kier molecular flexibility index (Phi) is 5.54. The molecular formula is C12H21N5O. The lowest BCUT2D eigenvalue weighted by atomic mass is 10.3. The minimum atomic E-state index is 0.0879. The molecule has 1 amide bonds. The van der Waals surface area contributed by atoms with Crippen molar-refractivity contribution in [2.45, 2.75) is 13.5 Å². The molecule has 1 heterocycles. The lowest BCUT2D eigenvalue weighted by Gasteiger charge is -2.21. The maximum atomic E-state index is 11.7. The molecule has 1 aromatic heterocycles. The summed E-state index contributed by atoms with van der Waals surface area (Å²) in [6.07, 6.45) is 1.70. The van der Waals surface area contributed by atoms with Crippen molar-refractivity contribution in [1.82, 2.24) is 14.8 Å². The van der Waals surface area contributed by atoms with E-state index in [0.717, 1.165) is 17.9 Å². The number of anilines is 1. The number of rotatable bonds is 6. The number of hydrogen-bond acceptors (Lipinski definition) is 5. The molecule has 6 nitrogen and oxygen atoms in total. The summed E-state index contributed by atoms with van der Waals surface area (Å²) in [6, 6.07) is 3.67. The first-order valence-electron chi connectivity index (χ1n) is 5.90. The van der Waals surface area contributed by atoms with Crippen LogP contribution in [0.15, 0.2) is 18.3 Å². The van der Waals surface area contributed by atoms with Gasteiger partial charge in [-0.05, 0) is 18.7 Å². The van der Waals surface area contributed by atoms with Gasteiger partial charge in [0.25, 0.3) is 0 Å². The molecule has 0 saturated heterocycles. The van der Waals surface area contributed by atoms with Crippen LogP contribution in [0.4, 0.5) is 5.69 Å². The molecule has 6 heteroatoms. The zero-order chi connectivity index (χ0) is 13.5. The normalized spacial score (nSPS) is 10.5. The molecule has 0 aliphatic rings. The van der Waals surface area contributed by atoms with Crippen molar-refractivity contribution in [3.05, 3.63) is 24.0 Å². The number of nitrogens with zero attached hydrogens (tertiary/aromatic N) is 3. The van der Waals surface area contributed by atoms with Crippen LogP contribution in [0.1, 0.15) is 12.6 Å². The van der Waals surface area contributed by atoms with Gasteiger partial charge in [0, 0.05) is 26.8 Å². The molecule has 18 heavy (non-hydrogen) atoms. The molecule has 0 aliphatic heterocycles. The molecule has 0 aromatic carbocycles. The number of aromatic nitrogens is 1. The lowest BCUT2D eigenvalue weighted by Crippen LogP contribution is -2.36. The molecule has 0 fully saturated rings. The van der Waals surface area contributed by atoms with E-state index in [2.05, 4.69) is 10.4 Å². The van der Waals surface area contributed by atoms with Crippen LogP contribution in [0.25, 0.3) is 0 Å². The summed E-state index contributed by atoms with van der Waals surface area (Å²) in [6.45, 7) is 3.84. The summed E-state index contributed by atoms with van der Waals surface area (Å²) in [5, 5.41) is 0. The minimum absolute atomic E-state index is 0.0879. The van der Waals surface area contributed by atoms with Gasteiger partial charge in [-0.2, -0.15) is 0 Å². The molecule has 1 rings (SSSR count). The Bertz CT molecular complexity index is 394. The zero-order valence-electron chi connectivity index (χ0n) is 11.2. The minimum Gasteiger partial charge on any atom is -0.348 e. The number of carbonyl (C=O) groups excluding carboxylic acids is 1. The summed E-state index contributed by atoms with van der Waals surface area (Å²) in [4.78, 5) is 19.5. The van der Waals surface area contributed by atoms with Gasteiger partial charge in [-0.1, -0.05) is 6.92 Å². The highest BCUT2D eigenvalue weighted by Gasteiger charge is 2.11. The van der Waals surface area contributed by atoms with Crippen LogP contribution >= 0.6 is 0 Å². The molecule has 0 unspecified atom stereocenters. The van der Waals surface area contributed by atoms with Gasteiger partial charge in [0.1, 0.15) is 0 Å². The molecule has 1 aromatic rings. The highest BCUT2D eigenvalue weighted by Crippen LogP contribution is 2.08. The summed E-state index contributed by atoms with van der Waals surface area (Å²) in [5.41, 5.74) is 4.29. The van der Waals surface area contributed by atoms with Crippen molar-refractivity contribution < 1.29 is 4.79 Å². The Morgan fingerprint density at radius 3 is 2.78 bits per heavy atom. The van der Waals surface area contributed by atoms with Crippen LogP contribution in [0, 0.1) is 0 Å². The Morgan fingerprint density at radius 1 is 1.50 bits per heavy atom. The van der Waals surface area contributed by atoms with Gasteiger partial charge in [-0.3, -0.25) is 20.5 Å². The summed E-state index contributed by atoms with van der Waals surface area (Å²) < 4.78 is 0. The van der Waals surface area contributed by atoms with Crippen molar-refractivity contribution >= 4 is 11.6 Å². The van der Waals surface area contributed by atoms with Crippen LogP contribution in [0.2, 0.25) is 0 Å². The van der Waals surface area contributed by atoms with Crippen LogP contribution in [-0.4, -0.2) is 47.9 Å². The largest absolute Gasteiger partial charge is 0.348 e. The average Bonchev–Trinajstić information content (AvgIpc) is 2.37. The van der Waals surface area contributed by atoms with Gasteiger partial charge in [-0.15, -0.1) is 0 Å². The number of carbonyl (C=O) groups is 1. The van der Waals surface area contributed by atoms with Crippen LogP contribution < -0.4 is 11.3 Å². The highest BCUT2D eigenvalue weighted by atomic mass is 16.2. The van der Waals surface area contributed by atoms with E-state index in [1.165, 1.54) is 0 Å². The van der Waals surface area contributed by atoms with Crippen molar-refractivity contribution in [1.29, 1.82) is 0 Å². The first-order valence-corrected chi connectivity index (χ1v) is 5.90. The number of hydrazine groups is 1. The number of nitrogens with two attached hydrogens (primary N) is 1. The van der Waals surface area contributed by atoms with Crippen molar-refractivity contribution in [2.24, 2.45) is 5.84 Å². The molecular weight excluding hydrogens is 230 g/mol. The van der Waals surface area contributed by atoms with Crippen LogP contribution in [-0.2, 0) is 11.3 Å². The number of amides is 1. The standard InChI is InChI=1S/C12H21N5O/c1-4-17(9-12(18)16(2)3)8-11-7-10(15-13)5-6-14-11/h5-7H,4,8-9,13H2,1-3H3,(H,14,15). The summed E-state index contributed by atoms with van der Waals surface area (Å²) in [7, 11) is 3.51. The van der Waals surface area contributed by atoms with Crippen molar-refractivity contribution in [3.8, 4) is 0 Å². The first-order chi connectivity index (χ1) is 8.56. The van der Waals surface area contributed by atoms with Gasteiger partial charge in [-0.25, -0.2) is 0 Å². The molecule has 0 aliphatic carbocycles. The number of likely N-dealkylation sites (N-methyl/N-ethyl adjacent to an activating group) is 2. The third kappa shape index (κ3) is 4.31. The van der Waals surface area contributed by atoms with E-state index in [4.69, 9.17) is 5.84 Å². The van der Waals surface area contributed by atoms with Gasteiger partial charge in [0.2, 0.25) is 5.91 Å². The van der Waals surface area contributed by atoms with Gasteiger partial charge in [0.15, 0.2) is 0 Å². The van der Waals surface area contributed by atoms with E-state index >= 15 is 0 Å². The molecule has 0 radical (unpaired) electrons. The Balaban J connectivity index is 2.64. The van der Waals surface area contributed by atoms with Gasteiger partial charge in [0.05, 0.1) is 17.9 Å². The molecule has 0 bridgehead atoms. The van der Waals surface area contributed by atoms with E-state index in [1.807, 2.05) is 17.9 Å². The molecule has 0 atom stereocenters. The monoisotopic (exact) mass is 251 g/mol. The second-order valence-corrected chi connectivity index (χ2v) is 4.27. The average molecular weight is 251 g/mol. The van der Waals surface area contributed by atoms with E-state index in [-0.39, 0.29) is 5.91 Å². The molecule has 0 saturated carbocycles. The third-order valence-corrected chi connectivity index (χ3v) is 2.67. The fourth-order valence-corrected chi connectivity index (χ4v) is 1.50. The van der Waals surface area contributed by atoms with Gasteiger partial charge >= 0.3 is 0 Å². The third-order valence-electron chi connectivity index (χ3n) is 2.67. The number of hydrogen-bond donors (Lipinski definition) is 2. The maximum absolute atomic E-state index is 11.7. The van der Waals surface area contributed by atoms with Crippen molar-refractivity contribution in [2.75, 3.05) is 32.6 Å². The van der Waals surface area contributed by atoms with Crippen LogP contribution in [0.3, 0.4) is 0 Å². The van der Waals surface area contributed by atoms with Crippen molar-refractivity contribution in [3.63, 3.8) is 0 Å². The second-order valence-electron chi connectivity index (χ2n) is 4.27. The van der Waals surface area contributed by atoms with Gasteiger partial charge < -0.3 is 10.3 Å². The fourth-order valence-electron chi connectivity index (χ4n) is 1.50. The van der Waals surface area contributed by atoms with E-state index < -0.39 is 0 Å². The smallest absolute Gasteiger partial charge is 0.236 e. The number of pyridine rings is 1. The number of nitrogen functional groups attached to an aromatic ring is 1. The lowest BCUT2D eigenvalue weighted by molar-refractivity contribution is -0.130. The summed E-state index contributed by atoms with van der Waals surface area (Å²) >= 11 is 0.